The van der Waals surface area contributed by atoms with Crippen LogP contribution >= 0.6 is 31.9 Å². The maximum absolute atomic E-state index is 6.22. The van der Waals surface area contributed by atoms with E-state index in [-0.39, 0.29) is 0 Å². The van der Waals surface area contributed by atoms with Crippen LogP contribution in [0.1, 0.15) is 11.3 Å². The molecule has 5 heteroatoms. The Hall–Kier alpha value is -0.650. The lowest BCUT2D eigenvalue weighted by molar-refractivity contribution is 0.110. The molecule has 2 heterocycles. The average Bonchev–Trinajstić information content (AvgIpc) is 2.31. The van der Waals surface area contributed by atoms with Crippen molar-refractivity contribution in [3.8, 4) is 0 Å². The summed E-state index contributed by atoms with van der Waals surface area (Å²) >= 11 is 7.00. The van der Waals surface area contributed by atoms with Gasteiger partial charge < -0.3 is 10.5 Å². The van der Waals surface area contributed by atoms with E-state index in [4.69, 9.17) is 10.5 Å². The lowest BCUT2D eigenvalue weighted by Gasteiger charge is -2.19. The van der Waals surface area contributed by atoms with Crippen molar-refractivity contribution in [1.82, 2.24) is 4.98 Å². The number of rotatable bonds is 0. The molecule has 17 heavy (non-hydrogen) atoms. The first kappa shape index (κ1) is 11.4. The fourth-order valence-electron chi connectivity index (χ4n) is 2.12. The van der Waals surface area contributed by atoms with E-state index >= 15 is 0 Å². The quantitative estimate of drug-likeness (QED) is 0.785. The van der Waals surface area contributed by atoms with Crippen LogP contribution in [-0.2, 0) is 17.8 Å². The Bertz CT molecular complexity index is 613. The van der Waals surface area contributed by atoms with Crippen LogP contribution in [0.3, 0.4) is 0 Å². The van der Waals surface area contributed by atoms with Crippen molar-refractivity contribution in [2.45, 2.75) is 13.0 Å². The fourth-order valence-corrected chi connectivity index (χ4v) is 3.43. The normalized spacial score (nSPS) is 14.9. The first-order valence-electron chi connectivity index (χ1n) is 5.30. The molecular formula is C12H10Br2N2O. The van der Waals surface area contributed by atoms with Gasteiger partial charge in [0.2, 0.25) is 0 Å². The highest BCUT2D eigenvalue weighted by Gasteiger charge is 2.18. The molecule has 0 aliphatic carbocycles. The molecule has 2 N–H and O–H groups in total. The number of nitrogens with zero attached hydrogens (tertiary/aromatic N) is 1. The Morgan fingerprint density at radius 1 is 1.29 bits per heavy atom. The van der Waals surface area contributed by atoms with E-state index in [2.05, 4.69) is 36.8 Å². The molecule has 0 atom stereocenters. The van der Waals surface area contributed by atoms with Crippen LogP contribution in [0, 0.1) is 0 Å². The van der Waals surface area contributed by atoms with E-state index in [1.807, 2.05) is 12.1 Å². The summed E-state index contributed by atoms with van der Waals surface area (Å²) in [6.45, 7) is 1.29. The van der Waals surface area contributed by atoms with Crippen molar-refractivity contribution in [3.05, 3.63) is 32.3 Å². The van der Waals surface area contributed by atoms with E-state index in [0.717, 1.165) is 49.8 Å². The Balaban J connectivity index is 2.40. The van der Waals surface area contributed by atoms with E-state index in [1.54, 1.807) is 0 Å². The Kier molecular flexibility index (Phi) is 2.84. The van der Waals surface area contributed by atoms with Crippen LogP contribution in [0.5, 0.6) is 0 Å². The maximum Gasteiger partial charge on any atom is 0.0868 e. The van der Waals surface area contributed by atoms with Gasteiger partial charge in [-0.25, -0.2) is 0 Å². The monoisotopic (exact) mass is 356 g/mol. The molecule has 0 amide bonds. The Labute approximate surface area is 116 Å². The molecular weight excluding hydrogens is 348 g/mol. The van der Waals surface area contributed by atoms with Gasteiger partial charge in [-0.3, -0.25) is 4.98 Å². The van der Waals surface area contributed by atoms with Crippen LogP contribution in [0.25, 0.3) is 10.9 Å². The number of hydrogen-bond donors (Lipinski definition) is 1. The van der Waals surface area contributed by atoms with Gasteiger partial charge in [0.25, 0.3) is 0 Å². The van der Waals surface area contributed by atoms with Crippen molar-refractivity contribution in [1.29, 1.82) is 0 Å². The number of anilines is 1. The van der Waals surface area contributed by atoms with Crippen molar-refractivity contribution in [3.63, 3.8) is 0 Å². The van der Waals surface area contributed by atoms with Gasteiger partial charge in [-0.2, -0.15) is 0 Å². The highest BCUT2D eigenvalue weighted by molar-refractivity contribution is 9.11. The number of aromatic nitrogens is 1. The lowest BCUT2D eigenvalue weighted by Crippen LogP contribution is -2.14. The van der Waals surface area contributed by atoms with E-state index in [9.17, 15) is 0 Å². The number of hydrogen-bond acceptors (Lipinski definition) is 3. The first-order valence-corrected chi connectivity index (χ1v) is 6.89. The molecule has 1 aliphatic rings. The van der Waals surface area contributed by atoms with Crippen LogP contribution in [0.4, 0.5) is 5.69 Å². The summed E-state index contributed by atoms with van der Waals surface area (Å²) in [5.74, 6) is 0. The largest absolute Gasteiger partial charge is 0.398 e. The zero-order valence-corrected chi connectivity index (χ0v) is 12.1. The van der Waals surface area contributed by atoms with Crippen LogP contribution in [-0.4, -0.2) is 11.6 Å². The van der Waals surface area contributed by atoms with Gasteiger partial charge in [-0.1, -0.05) is 15.9 Å². The Morgan fingerprint density at radius 2 is 2.12 bits per heavy atom. The third-order valence-electron chi connectivity index (χ3n) is 2.97. The highest BCUT2D eigenvalue weighted by Crippen LogP contribution is 2.34. The lowest BCUT2D eigenvalue weighted by atomic mass is 10.0. The second-order valence-corrected chi connectivity index (χ2v) is 5.81. The molecule has 0 radical (unpaired) electrons. The smallest absolute Gasteiger partial charge is 0.0868 e. The standard InChI is InChI=1S/C12H10Br2N2O/c13-6-3-7-11(15)8-5-17-2-1-10(8)16-12(7)9(14)4-6/h3-4H,1-2,5H2,(H2,15,16). The molecule has 0 unspecified atom stereocenters. The van der Waals surface area contributed by atoms with E-state index in [1.165, 1.54) is 0 Å². The van der Waals surface area contributed by atoms with Crippen molar-refractivity contribution in [2.24, 2.45) is 0 Å². The molecule has 0 spiro atoms. The predicted molar refractivity (Wildman–Crippen MR) is 74.9 cm³/mol. The van der Waals surface area contributed by atoms with E-state index < -0.39 is 0 Å². The van der Waals surface area contributed by atoms with Gasteiger partial charge >= 0.3 is 0 Å². The first-order chi connectivity index (χ1) is 8.16. The number of halogens is 2. The third-order valence-corrected chi connectivity index (χ3v) is 4.03. The van der Waals surface area contributed by atoms with Gasteiger partial charge in [0.1, 0.15) is 0 Å². The minimum atomic E-state index is 0.564. The zero-order chi connectivity index (χ0) is 12.0. The van der Waals surface area contributed by atoms with Gasteiger partial charge in [-0.15, -0.1) is 0 Å². The summed E-state index contributed by atoms with van der Waals surface area (Å²) in [6.07, 6.45) is 0.831. The van der Waals surface area contributed by atoms with Gasteiger partial charge in [-0.05, 0) is 28.1 Å². The summed E-state index contributed by atoms with van der Waals surface area (Å²) in [4.78, 5) is 4.69. The molecule has 0 bridgehead atoms. The number of ether oxygens (including phenoxy) is 1. The number of nitrogens with two attached hydrogens (primary N) is 1. The second-order valence-electron chi connectivity index (χ2n) is 4.04. The number of fused-ring (bicyclic) bond motifs is 2. The Morgan fingerprint density at radius 3 is 2.94 bits per heavy atom. The molecule has 1 aliphatic heterocycles. The molecule has 3 rings (SSSR count). The summed E-state index contributed by atoms with van der Waals surface area (Å²) in [5, 5.41) is 0.968. The van der Waals surface area contributed by atoms with Crippen molar-refractivity contribution >= 4 is 48.5 Å². The zero-order valence-electron chi connectivity index (χ0n) is 8.96. The number of benzene rings is 1. The fraction of sp³-hybridized carbons (Fsp3) is 0.250. The minimum absolute atomic E-state index is 0.564. The van der Waals surface area contributed by atoms with Gasteiger partial charge in [0, 0.05) is 32.0 Å². The van der Waals surface area contributed by atoms with Crippen LogP contribution < -0.4 is 5.73 Å². The topological polar surface area (TPSA) is 48.1 Å². The molecule has 1 aromatic heterocycles. The molecule has 0 fully saturated rings. The predicted octanol–water partition coefficient (Wildman–Crippen LogP) is 3.41. The van der Waals surface area contributed by atoms with Crippen LogP contribution in [0.15, 0.2) is 21.1 Å². The van der Waals surface area contributed by atoms with Crippen LogP contribution in [0.2, 0.25) is 0 Å². The summed E-state index contributed by atoms with van der Waals surface area (Å²) in [7, 11) is 0. The summed E-state index contributed by atoms with van der Waals surface area (Å²) in [6, 6.07) is 3.98. The molecule has 88 valence electrons. The second kappa shape index (κ2) is 4.23. The summed E-state index contributed by atoms with van der Waals surface area (Å²) in [5.41, 5.74) is 10.0. The van der Waals surface area contributed by atoms with E-state index in [0.29, 0.717) is 6.61 Å². The van der Waals surface area contributed by atoms with Gasteiger partial charge in [0.15, 0.2) is 0 Å². The molecule has 0 saturated carbocycles. The minimum Gasteiger partial charge on any atom is -0.398 e. The third kappa shape index (κ3) is 1.86. The number of nitrogen functional groups attached to an aromatic ring is 1. The SMILES string of the molecule is Nc1c2c(nc3c(Br)cc(Br)cc13)CCOC2. The summed E-state index contributed by atoms with van der Waals surface area (Å²) < 4.78 is 7.39. The molecule has 0 saturated heterocycles. The van der Waals surface area contributed by atoms with Crippen molar-refractivity contribution in [2.75, 3.05) is 12.3 Å². The average molecular weight is 358 g/mol. The molecule has 1 aromatic carbocycles. The molecule has 2 aromatic rings. The van der Waals surface area contributed by atoms with Gasteiger partial charge in [0.05, 0.1) is 24.4 Å². The maximum atomic E-state index is 6.22. The molecule has 3 nitrogen and oxygen atoms in total. The number of pyridine rings is 1. The van der Waals surface area contributed by atoms with Crippen molar-refractivity contribution < 1.29 is 4.74 Å². The highest BCUT2D eigenvalue weighted by atomic mass is 79.9.